The van der Waals surface area contributed by atoms with Gasteiger partial charge >= 0.3 is 0 Å². The predicted molar refractivity (Wildman–Crippen MR) is 38.9 cm³/mol. The highest BCUT2D eigenvalue weighted by molar-refractivity contribution is 7.89. The Morgan fingerprint density at radius 3 is 1.89 bits per heavy atom. The van der Waals surface area contributed by atoms with Gasteiger partial charge in [0.25, 0.3) is 0 Å². The highest BCUT2D eigenvalue weighted by atomic mass is 35.5. The maximum Gasteiger partial charge on any atom is 0.212 e. The molecule has 0 amide bonds. The summed E-state index contributed by atoms with van der Waals surface area (Å²) >= 11 is 0. The van der Waals surface area contributed by atoms with E-state index in [1.54, 1.807) is 0 Å². The van der Waals surface area contributed by atoms with Gasteiger partial charge < -0.3 is 5.73 Å². The Morgan fingerprint density at radius 1 is 1.56 bits per heavy atom. The normalized spacial score (nSPS) is 14.1. The Kier molecular flexibility index (Phi) is 5.36. The van der Waals surface area contributed by atoms with E-state index in [1.807, 2.05) is 0 Å². The van der Waals surface area contributed by atoms with Crippen molar-refractivity contribution in [2.45, 2.75) is 12.2 Å². The number of primary sulfonamides is 1. The summed E-state index contributed by atoms with van der Waals surface area (Å²) < 4.78 is 20.5. The van der Waals surface area contributed by atoms with Crippen molar-refractivity contribution in [3.8, 4) is 0 Å². The third-order valence-electron chi connectivity index (χ3n) is 0.893. The monoisotopic (exact) mass is 174 g/mol. The highest BCUT2D eigenvalue weighted by Gasteiger charge is 2.11. The second-order valence-electron chi connectivity index (χ2n) is 1.64. The Labute approximate surface area is 61.1 Å². The summed E-state index contributed by atoms with van der Waals surface area (Å²) in [6.45, 7) is 1.55. The quantitative estimate of drug-likeness (QED) is 0.566. The van der Waals surface area contributed by atoms with Crippen molar-refractivity contribution in [3.05, 3.63) is 0 Å². The van der Waals surface area contributed by atoms with Gasteiger partial charge in [-0.1, -0.05) is 0 Å². The van der Waals surface area contributed by atoms with Crippen molar-refractivity contribution in [1.29, 1.82) is 0 Å². The van der Waals surface area contributed by atoms with E-state index in [0.29, 0.717) is 0 Å². The highest BCUT2D eigenvalue weighted by Crippen LogP contribution is 1.88. The zero-order chi connectivity index (χ0) is 6.78. The van der Waals surface area contributed by atoms with E-state index in [0.717, 1.165) is 0 Å². The summed E-state index contributed by atoms with van der Waals surface area (Å²) in [5, 5.41) is 4.06. The first kappa shape index (κ1) is 11.9. The van der Waals surface area contributed by atoms with Gasteiger partial charge in [0, 0.05) is 6.54 Å². The number of halogens is 1. The summed E-state index contributed by atoms with van der Waals surface area (Å²) in [5.74, 6) is 0. The van der Waals surface area contributed by atoms with Gasteiger partial charge in [0.05, 0.1) is 5.25 Å². The van der Waals surface area contributed by atoms with Crippen LogP contribution in [0.15, 0.2) is 0 Å². The molecule has 0 radical (unpaired) electrons. The van der Waals surface area contributed by atoms with Crippen LogP contribution in [0.1, 0.15) is 6.92 Å². The molecule has 0 aliphatic heterocycles. The fourth-order valence-electron chi connectivity index (χ4n) is 0.134. The van der Waals surface area contributed by atoms with Crippen molar-refractivity contribution in [2.24, 2.45) is 10.9 Å². The Hall–Kier alpha value is 0.160. The van der Waals surface area contributed by atoms with Gasteiger partial charge in [-0.15, -0.1) is 12.4 Å². The van der Waals surface area contributed by atoms with Crippen LogP contribution in [-0.4, -0.2) is 20.2 Å². The van der Waals surface area contributed by atoms with Crippen LogP contribution in [0, 0.1) is 0 Å². The molecule has 9 heavy (non-hydrogen) atoms. The first-order valence-electron chi connectivity index (χ1n) is 2.20. The van der Waals surface area contributed by atoms with E-state index in [9.17, 15) is 8.42 Å². The van der Waals surface area contributed by atoms with Crippen LogP contribution >= 0.6 is 12.4 Å². The Bertz CT molecular complexity index is 155. The molecule has 0 saturated heterocycles. The maximum atomic E-state index is 10.3. The molecule has 0 heterocycles. The van der Waals surface area contributed by atoms with Crippen LogP contribution in [0.3, 0.4) is 0 Å². The molecule has 0 saturated carbocycles. The molecule has 58 valence electrons. The minimum Gasteiger partial charge on any atom is -0.329 e. The summed E-state index contributed by atoms with van der Waals surface area (Å²) in [5.41, 5.74) is 5.00. The third-order valence-corrected chi connectivity index (χ3v) is 2.21. The summed E-state index contributed by atoms with van der Waals surface area (Å²) in [6, 6.07) is 0. The summed E-state index contributed by atoms with van der Waals surface area (Å²) in [4.78, 5) is 0. The van der Waals surface area contributed by atoms with E-state index in [-0.39, 0.29) is 19.0 Å². The van der Waals surface area contributed by atoms with E-state index in [2.05, 4.69) is 5.14 Å². The lowest BCUT2D eigenvalue weighted by Crippen LogP contribution is -2.32. The van der Waals surface area contributed by atoms with Crippen molar-refractivity contribution < 1.29 is 8.42 Å². The van der Waals surface area contributed by atoms with Crippen molar-refractivity contribution in [3.63, 3.8) is 0 Å². The lowest BCUT2D eigenvalue weighted by molar-refractivity contribution is 0.586. The topological polar surface area (TPSA) is 86.2 Å². The van der Waals surface area contributed by atoms with Gasteiger partial charge in [0.2, 0.25) is 10.0 Å². The molecule has 0 aromatic heterocycles. The predicted octanol–water partition coefficient (Wildman–Crippen LogP) is -0.956. The molecule has 0 rings (SSSR count). The molecule has 0 fully saturated rings. The van der Waals surface area contributed by atoms with Crippen molar-refractivity contribution in [2.75, 3.05) is 6.54 Å². The summed E-state index contributed by atoms with van der Waals surface area (Å²) in [7, 11) is -3.38. The Balaban J connectivity index is 0. The Morgan fingerprint density at radius 2 is 1.89 bits per heavy atom. The van der Waals surface area contributed by atoms with Gasteiger partial charge in [0.1, 0.15) is 0 Å². The summed E-state index contributed by atoms with van der Waals surface area (Å²) in [6.07, 6.45) is 0. The van der Waals surface area contributed by atoms with Crippen LogP contribution in [-0.2, 0) is 10.0 Å². The number of hydrogen-bond acceptors (Lipinski definition) is 3. The molecular formula is C3H11ClN2O2S. The minimum absolute atomic E-state index is 0. The van der Waals surface area contributed by atoms with Crippen molar-refractivity contribution >= 4 is 22.4 Å². The van der Waals surface area contributed by atoms with E-state index in [4.69, 9.17) is 5.73 Å². The number of sulfonamides is 1. The van der Waals surface area contributed by atoms with Gasteiger partial charge in [-0.3, -0.25) is 0 Å². The second-order valence-corrected chi connectivity index (χ2v) is 3.62. The molecule has 1 unspecified atom stereocenters. The number of hydrogen-bond donors (Lipinski definition) is 2. The SMILES string of the molecule is CC(CN)S(N)(=O)=O.Cl. The molecule has 1 atom stereocenters. The average molecular weight is 175 g/mol. The smallest absolute Gasteiger partial charge is 0.212 e. The molecule has 0 aliphatic rings. The second kappa shape index (κ2) is 4.05. The van der Waals surface area contributed by atoms with Gasteiger partial charge in [-0.05, 0) is 6.92 Å². The van der Waals surface area contributed by atoms with Crippen LogP contribution < -0.4 is 10.9 Å². The van der Waals surface area contributed by atoms with Crippen LogP contribution in [0.5, 0.6) is 0 Å². The van der Waals surface area contributed by atoms with Crippen LogP contribution in [0.4, 0.5) is 0 Å². The first-order valence-corrected chi connectivity index (χ1v) is 3.81. The first-order chi connectivity index (χ1) is 3.48. The van der Waals surface area contributed by atoms with Crippen LogP contribution in [0.25, 0.3) is 0 Å². The van der Waals surface area contributed by atoms with E-state index < -0.39 is 15.3 Å². The fraction of sp³-hybridized carbons (Fsp3) is 1.00. The maximum absolute atomic E-state index is 10.3. The minimum atomic E-state index is -3.38. The molecule has 0 aromatic rings. The standard InChI is InChI=1S/C3H10N2O2S.ClH/c1-3(2-4)8(5,6)7;/h3H,2,4H2,1H3,(H2,5,6,7);1H. The van der Waals surface area contributed by atoms with Crippen molar-refractivity contribution in [1.82, 2.24) is 0 Å². The van der Waals surface area contributed by atoms with Gasteiger partial charge in [-0.2, -0.15) is 0 Å². The molecular weight excluding hydrogens is 164 g/mol. The average Bonchev–Trinajstić information content (AvgIpc) is 1.62. The lowest BCUT2D eigenvalue weighted by Gasteiger charge is -2.02. The van der Waals surface area contributed by atoms with E-state index in [1.165, 1.54) is 6.92 Å². The molecule has 0 spiro atoms. The zero-order valence-electron chi connectivity index (χ0n) is 5.07. The molecule has 0 aliphatic carbocycles. The fourth-order valence-corrected chi connectivity index (χ4v) is 0.402. The molecule has 6 heteroatoms. The molecule has 0 aromatic carbocycles. The van der Waals surface area contributed by atoms with Gasteiger partial charge in [-0.25, -0.2) is 13.6 Å². The zero-order valence-corrected chi connectivity index (χ0v) is 6.71. The third kappa shape index (κ3) is 4.65. The van der Waals surface area contributed by atoms with Crippen LogP contribution in [0.2, 0.25) is 0 Å². The molecule has 4 nitrogen and oxygen atoms in total. The largest absolute Gasteiger partial charge is 0.329 e. The van der Waals surface area contributed by atoms with Gasteiger partial charge in [0.15, 0.2) is 0 Å². The molecule has 0 bridgehead atoms. The van der Waals surface area contributed by atoms with E-state index >= 15 is 0 Å². The number of rotatable bonds is 2. The number of nitrogens with two attached hydrogens (primary N) is 2. The lowest BCUT2D eigenvalue weighted by atomic mass is 10.5. The molecule has 4 N–H and O–H groups in total.